The van der Waals surface area contributed by atoms with Gasteiger partial charge >= 0.3 is 0 Å². The van der Waals surface area contributed by atoms with Crippen LogP contribution < -0.4 is 10.6 Å². The molecule has 0 aliphatic heterocycles. The molecule has 3 aromatic rings. The van der Waals surface area contributed by atoms with Crippen molar-refractivity contribution < 1.29 is 4.39 Å². The van der Waals surface area contributed by atoms with Crippen molar-refractivity contribution >= 4 is 17.3 Å². The Labute approximate surface area is 147 Å². The van der Waals surface area contributed by atoms with E-state index < -0.39 is 0 Å². The summed E-state index contributed by atoms with van der Waals surface area (Å²) >= 11 is 0. The molecular weight excluding hydrogens is 315 g/mol. The topological polar surface area (TPSA) is 49.8 Å². The van der Waals surface area contributed by atoms with Gasteiger partial charge in [-0.15, -0.1) is 0 Å². The molecule has 3 rings (SSSR count). The summed E-state index contributed by atoms with van der Waals surface area (Å²) in [4.78, 5) is 8.52. The summed E-state index contributed by atoms with van der Waals surface area (Å²) in [7, 11) is 0. The molecule has 0 atom stereocenters. The Morgan fingerprint density at radius 1 is 0.960 bits per heavy atom. The van der Waals surface area contributed by atoms with Crippen LogP contribution in [0.2, 0.25) is 0 Å². The zero-order valence-electron chi connectivity index (χ0n) is 14.4. The van der Waals surface area contributed by atoms with Gasteiger partial charge in [-0.25, -0.2) is 14.4 Å². The highest BCUT2D eigenvalue weighted by molar-refractivity contribution is 5.63. The zero-order chi connectivity index (χ0) is 17.6. The van der Waals surface area contributed by atoms with Gasteiger partial charge in [-0.1, -0.05) is 24.3 Å². The maximum Gasteiger partial charge on any atom is 0.135 e. The van der Waals surface area contributed by atoms with E-state index in [0.29, 0.717) is 6.54 Å². The molecule has 4 nitrogen and oxygen atoms in total. The third-order valence-corrected chi connectivity index (χ3v) is 4.17. The summed E-state index contributed by atoms with van der Waals surface area (Å²) in [6.45, 7) is 4.88. The predicted molar refractivity (Wildman–Crippen MR) is 99.8 cm³/mol. The lowest BCUT2D eigenvalue weighted by Crippen LogP contribution is -2.07. The lowest BCUT2D eigenvalue weighted by Gasteiger charge is -2.12. The molecule has 2 N–H and O–H groups in total. The first-order chi connectivity index (χ1) is 12.1. The third-order valence-electron chi connectivity index (χ3n) is 4.17. The Morgan fingerprint density at radius 3 is 2.52 bits per heavy atom. The Morgan fingerprint density at radius 2 is 1.72 bits per heavy atom. The number of rotatable bonds is 6. The monoisotopic (exact) mass is 336 g/mol. The van der Waals surface area contributed by atoms with Crippen LogP contribution in [0.5, 0.6) is 0 Å². The number of aryl methyl sites for hydroxylation is 1. The van der Waals surface area contributed by atoms with Gasteiger partial charge in [0.15, 0.2) is 0 Å². The number of hydrogen-bond acceptors (Lipinski definition) is 4. The molecule has 1 aromatic heterocycles. The molecule has 0 amide bonds. The first-order valence-corrected chi connectivity index (χ1v) is 8.25. The minimum atomic E-state index is -0.213. The molecule has 0 bridgehead atoms. The molecule has 0 aliphatic rings. The highest BCUT2D eigenvalue weighted by Gasteiger charge is 2.03. The molecule has 5 heteroatoms. The normalized spacial score (nSPS) is 10.5. The second kappa shape index (κ2) is 7.75. The van der Waals surface area contributed by atoms with Gasteiger partial charge in [-0.05, 0) is 55.2 Å². The number of aromatic nitrogens is 2. The fourth-order valence-electron chi connectivity index (χ4n) is 2.53. The number of hydrogen-bond donors (Lipinski definition) is 2. The average molecular weight is 336 g/mol. The van der Waals surface area contributed by atoms with E-state index >= 15 is 0 Å². The van der Waals surface area contributed by atoms with E-state index in [1.807, 2.05) is 18.2 Å². The Kier molecular flexibility index (Phi) is 5.23. The van der Waals surface area contributed by atoms with Crippen molar-refractivity contribution in [3.8, 4) is 0 Å². The summed E-state index contributed by atoms with van der Waals surface area (Å²) in [5.74, 6) is 1.28. The van der Waals surface area contributed by atoms with Crippen molar-refractivity contribution in [3.05, 3.63) is 77.4 Å². The maximum absolute atomic E-state index is 12.9. The van der Waals surface area contributed by atoms with Gasteiger partial charge in [-0.3, -0.25) is 0 Å². The van der Waals surface area contributed by atoms with Crippen LogP contribution in [0.4, 0.5) is 21.7 Å². The molecule has 0 spiro atoms. The fourth-order valence-corrected chi connectivity index (χ4v) is 2.53. The molecule has 1 heterocycles. The van der Waals surface area contributed by atoms with Crippen LogP contribution in [0.3, 0.4) is 0 Å². The van der Waals surface area contributed by atoms with E-state index in [1.165, 1.54) is 29.6 Å². The molecule has 25 heavy (non-hydrogen) atoms. The van der Waals surface area contributed by atoms with Crippen molar-refractivity contribution in [3.63, 3.8) is 0 Å². The van der Waals surface area contributed by atoms with Crippen LogP contribution in [-0.4, -0.2) is 16.5 Å². The molecule has 0 unspecified atom stereocenters. The number of nitrogens with zero attached hydrogens (tertiary/aromatic N) is 2. The largest absolute Gasteiger partial charge is 0.370 e. The van der Waals surface area contributed by atoms with Gasteiger partial charge in [-0.2, -0.15) is 0 Å². The van der Waals surface area contributed by atoms with Gasteiger partial charge in [0, 0.05) is 18.3 Å². The van der Waals surface area contributed by atoms with Crippen molar-refractivity contribution in [2.75, 3.05) is 17.2 Å². The highest BCUT2D eigenvalue weighted by atomic mass is 19.1. The second-order valence-corrected chi connectivity index (χ2v) is 5.96. The average Bonchev–Trinajstić information content (AvgIpc) is 2.61. The second-order valence-electron chi connectivity index (χ2n) is 5.96. The fraction of sp³-hybridized carbons (Fsp3) is 0.200. The smallest absolute Gasteiger partial charge is 0.135 e. The Hall–Kier alpha value is -2.95. The van der Waals surface area contributed by atoms with E-state index in [9.17, 15) is 4.39 Å². The summed E-state index contributed by atoms with van der Waals surface area (Å²) in [5, 5.41) is 6.61. The Balaban J connectivity index is 1.61. The van der Waals surface area contributed by atoms with Crippen LogP contribution in [0.15, 0.2) is 54.9 Å². The molecule has 128 valence electrons. The van der Waals surface area contributed by atoms with E-state index in [2.05, 4.69) is 40.5 Å². The number of halogens is 1. The summed E-state index contributed by atoms with van der Waals surface area (Å²) in [6, 6.07) is 14.6. The van der Waals surface area contributed by atoms with Crippen molar-refractivity contribution in [2.45, 2.75) is 20.3 Å². The summed E-state index contributed by atoms with van der Waals surface area (Å²) in [6.07, 6.45) is 2.33. The van der Waals surface area contributed by atoms with Crippen LogP contribution in [-0.2, 0) is 6.42 Å². The first-order valence-electron chi connectivity index (χ1n) is 8.25. The molecule has 0 radical (unpaired) electrons. The van der Waals surface area contributed by atoms with Gasteiger partial charge in [0.1, 0.15) is 23.8 Å². The van der Waals surface area contributed by atoms with E-state index in [0.717, 1.165) is 29.3 Å². The number of anilines is 3. The van der Waals surface area contributed by atoms with Crippen molar-refractivity contribution in [2.24, 2.45) is 0 Å². The van der Waals surface area contributed by atoms with E-state index in [-0.39, 0.29) is 5.82 Å². The van der Waals surface area contributed by atoms with Crippen LogP contribution >= 0.6 is 0 Å². The molecule has 0 saturated carbocycles. The van der Waals surface area contributed by atoms with Gasteiger partial charge in [0.2, 0.25) is 0 Å². The third kappa shape index (κ3) is 4.53. The quantitative estimate of drug-likeness (QED) is 0.689. The number of benzene rings is 2. The Bertz CT molecular complexity index is 847. The van der Waals surface area contributed by atoms with Crippen LogP contribution in [0.1, 0.15) is 16.7 Å². The first kappa shape index (κ1) is 16.9. The SMILES string of the molecule is Cc1cccc(Nc2cc(NCCc3ccc(F)cc3)ncn2)c1C. The van der Waals surface area contributed by atoms with E-state index in [4.69, 9.17) is 0 Å². The minimum absolute atomic E-state index is 0.213. The molecule has 2 aromatic carbocycles. The van der Waals surface area contributed by atoms with Crippen molar-refractivity contribution in [1.29, 1.82) is 0 Å². The van der Waals surface area contributed by atoms with Gasteiger partial charge < -0.3 is 10.6 Å². The number of nitrogens with one attached hydrogen (secondary N) is 2. The molecule has 0 saturated heterocycles. The molecule has 0 fully saturated rings. The summed E-state index contributed by atoms with van der Waals surface area (Å²) < 4.78 is 12.9. The van der Waals surface area contributed by atoms with Gasteiger partial charge in [0.25, 0.3) is 0 Å². The molecule has 0 aliphatic carbocycles. The van der Waals surface area contributed by atoms with Crippen LogP contribution in [0.25, 0.3) is 0 Å². The van der Waals surface area contributed by atoms with E-state index in [1.54, 1.807) is 12.1 Å². The molecular formula is C20H21FN4. The lowest BCUT2D eigenvalue weighted by molar-refractivity contribution is 0.627. The lowest BCUT2D eigenvalue weighted by atomic mass is 10.1. The standard InChI is InChI=1S/C20H21FN4/c1-14-4-3-5-18(15(14)2)25-20-12-19(23-13-24-20)22-11-10-16-6-8-17(21)9-7-16/h3-9,12-13H,10-11H2,1-2H3,(H2,22,23,24,25). The summed E-state index contributed by atoms with van der Waals surface area (Å²) in [5.41, 5.74) is 4.55. The van der Waals surface area contributed by atoms with Gasteiger partial charge in [0.05, 0.1) is 0 Å². The zero-order valence-corrected chi connectivity index (χ0v) is 14.4. The predicted octanol–water partition coefficient (Wildman–Crippen LogP) is 4.63. The van der Waals surface area contributed by atoms with Crippen molar-refractivity contribution in [1.82, 2.24) is 9.97 Å². The maximum atomic E-state index is 12.9. The minimum Gasteiger partial charge on any atom is -0.370 e. The highest BCUT2D eigenvalue weighted by Crippen LogP contribution is 2.22. The van der Waals surface area contributed by atoms with Crippen LogP contribution in [0, 0.1) is 19.7 Å².